The Kier molecular flexibility index (Phi) is 7.42. The Hall–Kier alpha value is -3.05. The molecule has 4 rings (SSSR count). The summed E-state index contributed by atoms with van der Waals surface area (Å²) in [4.78, 5) is 52.8. The number of rotatable bonds is 8. The summed E-state index contributed by atoms with van der Waals surface area (Å²) in [6, 6.07) is 3.43. The first kappa shape index (κ1) is 24.1. The third-order valence-electron chi connectivity index (χ3n) is 6.55. The van der Waals surface area contributed by atoms with Crippen molar-refractivity contribution in [1.82, 2.24) is 15.1 Å². The number of benzene rings is 1. The Morgan fingerprint density at radius 2 is 1.71 bits per heavy atom. The first-order valence-electron chi connectivity index (χ1n) is 11.7. The number of nitrogens with one attached hydrogen (secondary N) is 3. The van der Waals surface area contributed by atoms with E-state index in [0.29, 0.717) is 38.3 Å². The molecule has 0 atom stereocenters. The first-order chi connectivity index (χ1) is 16.4. The van der Waals surface area contributed by atoms with Gasteiger partial charge in [0.15, 0.2) is 0 Å². The van der Waals surface area contributed by atoms with E-state index in [1.807, 2.05) is 0 Å². The first-order valence-corrected chi connectivity index (χ1v) is 11.7. The van der Waals surface area contributed by atoms with Crippen molar-refractivity contribution in [2.75, 3.05) is 50.0 Å². The van der Waals surface area contributed by atoms with Crippen molar-refractivity contribution in [2.24, 2.45) is 0 Å². The SMILES string of the molecule is O=C(CCN1C(=O)NC2(CCCC2)C1=O)Nc1ccc(F)c(NC(=O)CCN2CCOCC2)c1. The summed E-state index contributed by atoms with van der Waals surface area (Å²) in [7, 11) is 0. The number of halogens is 1. The van der Waals surface area contributed by atoms with E-state index < -0.39 is 23.3 Å². The highest BCUT2D eigenvalue weighted by Gasteiger charge is 2.52. The zero-order valence-electron chi connectivity index (χ0n) is 19.0. The van der Waals surface area contributed by atoms with Crippen LogP contribution in [0.5, 0.6) is 0 Å². The molecule has 10 nitrogen and oxygen atoms in total. The van der Waals surface area contributed by atoms with E-state index in [2.05, 4.69) is 20.9 Å². The number of carbonyl (C=O) groups excluding carboxylic acids is 4. The maximum Gasteiger partial charge on any atom is 0.325 e. The molecule has 0 aromatic heterocycles. The average Bonchev–Trinajstić information content (AvgIpc) is 3.38. The number of imide groups is 1. The lowest BCUT2D eigenvalue weighted by molar-refractivity contribution is -0.131. The van der Waals surface area contributed by atoms with Gasteiger partial charge in [0.25, 0.3) is 5.91 Å². The molecule has 3 N–H and O–H groups in total. The van der Waals surface area contributed by atoms with Gasteiger partial charge < -0.3 is 20.7 Å². The van der Waals surface area contributed by atoms with Crippen LogP contribution in [0.2, 0.25) is 0 Å². The molecule has 1 aliphatic carbocycles. The Balaban J connectivity index is 1.27. The van der Waals surface area contributed by atoms with Crippen LogP contribution < -0.4 is 16.0 Å². The monoisotopic (exact) mass is 475 g/mol. The van der Waals surface area contributed by atoms with Crippen molar-refractivity contribution < 1.29 is 28.3 Å². The Morgan fingerprint density at radius 1 is 1.03 bits per heavy atom. The number of anilines is 2. The molecule has 0 radical (unpaired) electrons. The summed E-state index contributed by atoms with van der Waals surface area (Å²) >= 11 is 0. The number of ether oxygens (including phenoxy) is 1. The highest BCUT2D eigenvalue weighted by atomic mass is 19.1. The molecule has 1 aromatic carbocycles. The van der Waals surface area contributed by atoms with E-state index in [0.717, 1.165) is 36.9 Å². The predicted molar refractivity (Wildman–Crippen MR) is 122 cm³/mol. The smallest absolute Gasteiger partial charge is 0.325 e. The second-order valence-corrected chi connectivity index (χ2v) is 8.92. The van der Waals surface area contributed by atoms with Crippen molar-refractivity contribution in [3.63, 3.8) is 0 Å². The lowest BCUT2D eigenvalue weighted by Gasteiger charge is -2.26. The topological polar surface area (TPSA) is 120 Å². The summed E-state index contributed by atoms with van der Waals surface area (Å²) in [6.45, 7) is 3.30. The van der Waals surface area contributed by atoms with Gasteiger partial charge in [0.1, 0.15) is 11.4 Å². The Bertz CT molecular complexity index is 959. The lowest BCUT2D eigenvalue weighted by atomic mass is 9.98. The van der Waals surface area contributed by atoms with Crippen LogP contribution in [-0.2, 0) is 19.1 Å². The molecule has 1 spiro atoms. The molecule has 11 heteroatoms. The molecule has 3 fully saturated rings. The van der Waals surface area contributed by atoms with Crippen LogP contribution in [0.3, 0.4) is 0 Å². The molecule has 2 saturated heterocycles. The van der Waals surface area contributed by atoms with E-state index in [1.165, 1.54) is 12.1 Å². The standard InChI is InChI=1S/C23H30FN5O5/c24-17-4-3-16(15-18(17)26-20(31)5-9-28-11-13-34-14-12-28)25-19(30)6-10-29-21(32)23(27-22(29)33)7-1-2-8-23/h3-4,15H,1-2,5-14H2,(H,25,30)(H,26,31)(H,27,33). The van der Waals surface area contributed by atoms with Gasteiger partial charge in [0.2, 0.25) is 11.8 Å². The average molecular weight is 476 g/mol. The minimum atomic E-state index is -0.806. The molecule has 1 saturated carbocycles. The lowest BCUT2D eigenvalue weighted by Crippen LogP contribution is -2.44. The van der Waals surface area contributed by atoms with Crippen LogP contribution >= 0.6 is 0 Å². The number of carbonyl (C=O) groups is 4. The molecule has 0 bridgehead atoms. The number of amides is 5. The van der Waals surface area contributed by atoms with Crippen molar-refractivity contribution in [1.29, 1.82) is 0 Å². The Labute approximate surface area is 197 Å². The van der Waals surface area contributed by atoms with Crippen LogP contribution in [0.4, 0.5) is 20.6 Å². The van der Waals surface area contributed by atoms with Crippen LogP contribution in [-0.4, -0.2) is 78.5 Å². The summed E-state index contributed by atoms with van der Waals surface area (Å²) in [5, 5.41) is 7.96. The van der Waals surface area contributed by atoms with Gasteiger partial charge in [-0.25, -0.2) is 9.18 Å². The van der Waals surface area contributed by atoms with Gasteiger partial charge in [-0.1, -0.05) is 12.8 Å². The maximum absolute atomic E-state index is 14.2. The molecule has 2 aliphatic heterocycles. The molecule has 184 valence electrons. The largest absolute Gasteiger partial charge is 0.379 e. The second kappa shape index (κ2) is 10.5. The van der Waals surface area contributed by atoms with Crippen molar-refractivity contribution in [3.8, 4) is 0 Å². The number of morpholine rings is 1. The van der Waals surface area contributed by atoms with Gasteiger partial charge in [0, 0.05) is 44.7 Å². The molecule has 3 aliphatic rings. The normalized spacial score (nSPS) is 20.0. The molecular formula is C23H30FN5O5. The van der Waals surface area contributed by atoms with E-state index in [-0.39, 0.29) is 36.9 Å². The van der Waals surface area contributed by atoms with Crippen LogP contribution in [0.1, 0.15) is 38.5 Å². The van der Waals surface area contributed by atoms with E-state index >= 15 is 0 Å². The number of nitrogens with zero attached hydrogens (tertiary/aromatic N) is 2. The molecule has 0 unspecified atom stereocenters. The van der Waals surface area contributed by atoms with Gasteiger partial charge in [-0.15, -0.1) is 0 Å². The van der Waals surface area contributed by atoms with Crippen LogP contribution in [0.15, 0.2) is 18.2 Å². The van der Waals surface area contributed by atoms with E-state index in [1.54, 1.807) is 0 Å². The van der Waals surface area contributed by atoms with Crippen molar-refractivity contribution in [3.05, 3.63) is 24.0 Å². The van der Waals surface area contributed by atoms with Gasteiger partial charge >= 0.3 is 6.03 Å². The van der Waals surface area contributed by atoms with Gasteiger partial charge in [-0.3, -0.25) is 24.2 Å². The minimum Gasteiger partial charge on any atom is -0.379 e. The van der Waals surface area contributed by atoms with Gasteiger partial charge in [0.05, 0.1) is 18.9 Å². The van der Waals surface area contributed by atoms with Crippen molar-refractivity contribution in [2.45, 2.75) is 44.1 Å². The summed E-state index contributed by atoms with van der Waals surface area (Å²) in [5.74, 6) is -1.64. The highest BCUT2D eigenvalue weighted by Crippen LogP contribution is 2.35. The predicted octanol–water partition coefficient (Wildman–Crippen LogP) is 1.68. The molecule has 1 aromatic rings. The number of hydrogen-bond acceptors (Lipinski definition) is 6. The quantitative estimate of drug-likeness (QED) is 0.492. The fourth-order valence-corrected chi connectivity index (χ4v) is 4.63. The summed E-state index contributed by atoms with van der Waals surface area (Å²) in [6.07, 6.45) is 3.14. The fraction of sp³-hybridized carbons (Fsp3) is 0.565. The second-order valence-electron chi connectivity index (χ2n) is 8.92. The Morgan fingerprint density at radius 3 is 2.44 bits per heavy atom. The zero-order valence-corrected chi connectivity index (χ0v) is 19.0. The zero-order chi connectivity index (χ0) is 24.1. The molecule has 2 heterocycles. The van der Waals surface area contributed by atoms with E-state index in [4.69, 9.17) is 4.74 Å². The third kappa shape index (κ3) is 5.53. The van der Waals surface area contributed by atoms with Crippen molar-refractivity contribution >= 4 is 35.1 Å². The van der Waals surface area contributed by atoms with Crippen LogP contribution in [0, 0.1) is 5.82 Å². The fourth-order valence-electron chi connectivity index (χ4n) is 4.63. The minimum absolute atomic E-state index is 0.0259. The van der Waals surface area contributed by atoms with Gasteiger partial charge in [-0.2, -0.15) is 0 Å². The maximum atomic E-state index is 14.2. The molecule has 34 heavy (non-hydrogen) atoms. The van der Waals surface area contributed by atoms with Crippen LogP contribution in [0.25, 0.3) is 0 Å². The molecule has 5 amide bonds. The number of urea groups is 1. The van der Waals surface area contributed by atoms with Gasteiger partial charge in [-0.05, 0) is 31.0 Å². The summed E-state index contributed by atoms with van der Waals surface area (Å²) < 4.78 is 19.5. The number of hydrogen-bond donors (Lipinski definition) is 3. The summed E-state index contributed by atoms with van der Waals surface area (Å²) in [5.41, 5.74) is -0.527. The highest BCUT2D eigenvalue weighted by molar-refractivity contribution is 6.07. The van der Waals surface area contributed by atoms with E-state index in [9.17, 15) is 23.6 Å². The third-order valence-corrected chi connectivity index (χ3v) is 6.55. The molecular weight excluding hydrogens is 445 g/mol.